The molecule has 1 N–H and O–H groups in total. The van der Waals surface area contributed by atoms with Gasteiger partial charge in [0.25, 0.3) is 10.0 Å². The molecule has 0 aliphatic rings. The van der Waals surface area contributed by atoms with Crippen LogP contribution in [0, 0.1) is 12.7 Å². The predicted molar refractivity (Wildman–Crippen MR) is 146 cm³/mol. The van der Waals surface area contributed by atoms with Crippen LogP contribution in [0.25, 0.3) is 0 Å². The summed E-state index contributed by atoms with van der Waals surface area (Å²) in [7, 11) is -4.01. The number of carbonyl (C=O) groups is 1. The van der Waals surface area contributed by atoms with Crippen LogP contribution < -0.4 is 14.4 Å². The number of hydrogen-bond donors (Lipinski definition) is 1. The molecule has 1 amide bonds. The van der Waals surface area contributed by atoms with Crippen molar-refractivity contribution >= 4 is 33.2 Å². The molecule has 0 heterocycles. The molecule has 0 aromatic heterocycles. The van der Waals surface area contributed by atoms with Crippen LogP contribution in [0.1, 0.15) is 16.7 Å². The van der Waals surface area contributed by atoms with E-state index in [2.05, 4.69) is 5.32 Å². The topological polar surface area (TPSA) is 75.7 Å². The standard InChI is InChI=1S/C29H26ClFN2O4S/c1-21-2-16-28(17-3-21)38(35,36)33(26-12-8-24(30)9-13-26)19-29(34)32-18-22-6-14-27(15-7-22)37-20-23-4-10-25(31)11-5-23/h2-17H,18-20H2,1H3,(H,32,34). The van der Waals surface area contributed by atoms with Crippen molar-refractivity contribution in [3.05, 3.63) is 125 Å². The Labute approximate surface area is 226 Å². The Bertz CT molecular complexity index is 1480. The summed E-state index contributed by atoms with van der Waals surface area (Å²) in [5.74, 6) is -0.140. The first kappa shape index (κ1) is 27.2. The summed E-state index contributed by atoms with van der Waals surface area (Å²) in [5.41, 5.74) is 2.90. The van der Waals surface area contributed by atoms with E-state index < -0.39 is 22.5 Å². The van der Waals surface area contributed by atoms with Gasteiger partial charge in [-0.25, -0.2) is 12.8 Å². The number of hydrogen-bond acceptors (Lipinski definition) is 4. The number of halogens is 2. The Kier molecular flexibility index (Phi) is 8.66. The van der Waals surface area contributed by atoms with Crippen LogP contribution in [0.2, 0.25) is 5.02 Å². The van der Waals surface area contributed by atoms with Gasteiger partial charge in [-0.1, -0.05) is 53.6 Å². The summed E-state index contributed by atoms with van der Waals surface area (Å²) in [5, 5.41) is 3.23. The van der Waals surface area contributed by atoms with Gasteiger partial charge in [0.15, 0.2) is 0 Å². The highest BCUT2D eigenvalue weighted by molar-refractivity contribution is 7.92. The Balaban J connectivity index is 1.40. The smallest absolute Gasteiger partial charge is 0.264 e. The molecule has 9 heteroatoms. The van der Waals surface area contributed by atoms with Gasteiger partial charge in [0.1, 0.15) is 24.7 Å². The Morgan fingerprint density at radius 3 is 2.11 bits per heavy atom. The zero-order valence-corrected chi connectivity index (χ0v) is 22.2. The first-order valence-corrected chi connectivity index (χ1v) is 13.6. The molecule has 0 spiro atoms. The van der Waals surface area contributed by atoms with E-state index in [0.717, 1.165) is 21.0 Å². The number of nitrogens with zero attached hydrogens (tertiary/aromatic N) is 1. The van der Waals surface area contributed by atoms with Gasteiger partial charge in [-0.2, -0.15) is 0 Å². The number of aryl methyl sites for hydroxylation is 1. The van der Waals surface area contributed by atoms with Crippen molar-refractivity contribution < 1.29 is 22.3 Å². The lowest BCUT2D eigenvalue weighted by Gasteiger charge is -2.24. The van der Waals surface area contributed by atoms with Crippen molar-refractivity contribution in [2.45, 2.75) is 25.0 Å². The minimum Gasteiger partial charge on any atom is -0.489 e. The Morgan fingerprint density at radius 1 is 0.868 bits per heavy atom. The Hall–Kier alpha value is -3.88. The summed E-state index contributed by atoms with van der Waals surface area (Å²) in [6.45, 7) is 1.96. The van der Waals surface area contributed by atoms with Gasteiger partial charge in [0, 0.05) is 11.6 Å². The molecule has 0 radical (unpaired) electrons. The fourth-order valence-electron chi connectivity index (χ4n) is 3.60. The number of sulfonamides is 1. The van der Waals surface area contributed by atoms with E-state index in [1.807, 2.05) is 6.92 Å². The molecule has 4 aromatic carbocycles. The number of carbonyl (C=O) groups excluding carboxylic acids is 1. The van der Waals surface area contributed by atoms with Gasteiger partial charge in [-0.3, -0.25) is 9.10 Å². The molecule has 0 atom stereocenters. The maximum absolute atomic E-state index is 13.4. The van der Waals surface area contributed by atoms with Crippen molar-refractivity contribution in [2.75, 3.05) is 10.8 Å². The molecule has 0 bridgehead atoms. The maximum atomic E-state index is 13.4. The quantitative estimate of drug-likeness (QED) is 0.267. The van der Waals surface area contributed by atoms with E-state index in [1.165, 1.54) is 24.3 Å². The van der Waals surface area contributed by atoms with Crippen LogP contribution in [0.15, 0.2) is 102 Å². The highest BCUT2D eigenvalue weighted by Crippen LogP contribution is 2.25. The molecular weight excluding hydrogens is 527 g/mol. The van der Waals surface area contributed by atoms with Crippen molar-refractivity contribution in [1.29, 1.82) is 0 Å². The average Bonchev–Trinajstić information content (AvgIpc) is 2.91. The molecular formula is C29H26ClFN2O4S. The predicted octanol–water partition coefficient (Wildman–Crippen LogP) is 5.88. The third-order valence-corrected chi connectivity index (χ3v) is 7.78. The van der Waals surface area contributed by atoms with Gasteiger partial charge in [0.2, 0.25) is 5.91 Å². The number of anilines is 1. The molecule has 0 aliphatic heterocycles. The number of benzene rings is 4. The zero-order valence-electron chi connectivity index (χ0n) is 20.6. The molecule has 196 valence electrons. The Morgan fingerprint density at radius 2 is 1.47 bits per heavy atom. The minimum atomic E-state index is -4.01. The summed E-state index contributed by atoms with van der Waals surface area (Å²) in [6, 6.07) is 26.0. The van der Waals surface area contributed by atoms with Crippen LogP contribution >= 0.6 is 11.6 Å². The van der Waals surface area contributed by atoms with E-state index >= 15 is 0 Å². The van der Waals surface area contributed by atoms with Crippen LogP contribution in [0.5, 0.6) is 5.75 Å². The van der Waals surface area contributed by atoms with E-state index in [-0.39, 0.29) is 17.3 Å². The molecule has 4 rings (SSSR count). The second kappa shape index (κ2) is 12.1. The summed E-state index contributed by atoms with van der Waals surface area (Å²) in [4.78, 5) is 12.9. The average molecular weight is 553 g/mol. The third-order valence-electron chi connectivity index (χ3n) is 5.74. The van der Waals surface area contributed by atoms with E-state index in [9.17, 15) is 17.6 Å². The molecule has 0 fully saturated rings. The maximum Gasteiger partial charge on any atom is 0.264 e. The SMILES string of the molecule is Cc1ccc(S(=O)(=O)N(CC(=O)NCc2ccc(OCc3ccc(F)cc3)cc2)c2ccc(Cl)cc2)cc1. The van der Waals surface area contributed by atoms with Gasteiger partial charge in [-0.15, -0.1) is 0 Å². The normalized spacial score (nSPS) is 11.1. The summed E-state index contributed by atoms with van der Waals surface area (Å²) in [6.07, 6.45) is 0. The third kappa shape index (κ3) is 7.12. The second-order valence-electron chi connectivity index (χ2n) is 8.64. The first-order chi connectivity index (χ1) is 18.2. The minimum absolute atomic E-state index is 0.0853. The van der Waals surface area contributed by atoms with Crippen LogP contribution in [-0.2, 0) is 28.0 Å². The fourth-order valence-corrected chi connectivity index (χ4v) is 5.14. The monoisotopic (exact) mass is 552 g/mol. The van der Waals surface area contributed by atoms with Crippen molar-refractivity contribution in [2.24, 2.45) is 0 Å². The fraction of sp³-hybridized carbons (Fsp3) is 0.138. The lowest BCUT2D eigenvalue weighted by Crippen LogP contribution is -2.40. The number of amides is 1. The summed E-state index contributed by atoms with van der Waals surface area (Å²) < 4.78 is 46.7. The van der Waals surface area contributed by atoms with E-state index in [1.54, 1.807) is 72.8 Å². The van der Waals surface area contributed by atoms with Crippen LogP contribution in [-0.4, -0.2) is 20.9 Å². The molecule has 0 saturated carbocycles. The number of nitrogens with one attached hydrogen (secondary N) is 1. The highest BCUT2D eigenvalue weighted by Gasteiger charge is 2.27. The number of ether oxygens (including phenoxy) is 1. The molecule has 0 unspecified atom stereocenters. The highest BCUT2D eigenvalue weighted by atomic mass is 35.5. The zero-order chi connectivity index (χ0) is 27.1. The van der Waals surface area contributed by atoms with Gasteiger partial charge < -0.3 is 10.1 Å². The van der Waals surface area contributed by atoms with Gasteiger partial charge >= 0.3 is 0 Å². The van der Waals surface area contributed by atoms with Crippen molar-refractivity contribution in [3.63, 3.8) is 0 Å². The van der Waals surface area contributed by atoms with Crippen molar-refractivity contribution in [1.82, 2.24) is 5.32 Å². The molecule has 6 nitrogen and oxygen atoms in total. The molecule has 38 heavy (non-hydrogen) atoms. The molecule has 4 aromatic rings. The first-order valence-electron chi connectivity index (χ1n) is 11.8. The summed E-state index contributed by atoms with van der Waals surface area (Å²) >= 11 is 5.99. The van der Waals surface area contributed by atoms with E-state index in [0.29, 0.717) is 23.1 Å². The van der Waals surface area contributed by atoms with E-state index in [4.69, 9.17) is 16.3 Å². The molecule has 0 saturated heterocycles. The van der Waals surface area contributed by atoms with Crippen LogP contribution in [0.3, 0.4) is 0 Å². The van der Waals surface area contributed by atoms with Crippen LogP contribution in [0.4, 0.5) is 10.1 Å². The number of rotatable bonds is 10. The lowest BCUT2D eigenvalue weighted by atomic mass is 10.2. The second-order valence-corrected chi connectivity index (χ2v) is 10.9. The lowest BCUT2D eigenvalue weighted by molar-refractivity contribution is -0.119. The molecule has 0 aliphatic carbocycles. The van der Waals surface area contributed by atoms with Gasteiger partial charge in [-0.05, 0) is 78.7 Å². The van der Waals surface area contributed by atoms with Crippen molar-refractivity contribution in [3.8, 4) is 5.75 Å². The van der Waals surface area contributed by atoms with Gasteiger partial charge in [0.05, 0.1) is 10.6 Å². The largest absolute Gasteiger partial charge is 0.489 e.